The number of nitrogens with zero attached hydrogens (tertiary/aromatic N) is 1. The Morgan fingerprint density at radius 3 is 2.56 bits per heavy atom. The van der Waals surface area contributed by atoms with Crippen molar-refractivity contribution in [1.82, 2.24) is 0 Å². The van der Waals surface area contributed by atoms with Gasteiger partial charge in [-0.25, -0.2) is 4.79 Å². The lowest BCUT2D eigenvalue weighted by molar-refractivity contribution is -0.385. The van der Waals surface area contributed by atoms with E-state index in [9.17, 15) is 19.7 Å². The summed E-state index contributed by atoms with van der Waals surface area (Å²) in [6, 6.07) is 8.90. The number of nitrogens with one attached hydrogen (secondary N) is 1. The van der Waals surface area contributed by atoms with Crippen molar-refractivity contribution >= 4 is 34.9 Å². The number of anilines is 1. The number of hydrogen-bond donors (Lipinski definition) is 1. The van der Waals surface area contributed by atoms with Gasteiger partial charge in [0.2, 0.25) is 0 Å². The molecule has 1 amide bonds. The van der Waals surface area contributed by atoms with Gasteiger partial charge in [-0.3, -0.25) is 14.9 Å². The van der Waals surface area contributed by atoms with Crippen LogP contribution in [0.5, 0.6) is 0 Å². The third-order valence-corrected chi connectivity index (χ3v) is 3.65. The number of carbonyl (C=O) groups is 2. The van der Waals surface area contributed by atoms with Crippen molar-refractivity contribution in [1.29, 1.82) is 0 Å². The summed E-state index contributed by atoms with van der Waals surface area (Å²) in [5.41, 5.74) is 1.54. The zero-order valence-electron chi connectivity index (χ0n) is 13.5. The highest BCUT2D eigenvalue weighted by Gasteiger charge is 2.21. The molecule has 0 aliphatic heterocycles. The Morgan fingerprint density at radius 2 is 1.92 bits per heavy atom. The van der Waals surface area contributed by atoms with Crippen LogP contribution in [-0.4, -0.2) is 23.4 Å². The number of benzene rings is 2. The third kappa shape index (κ3) is 4.54. The first-order chi connectivity index (χ1) is 11.8. The largest absolute Gasteiger partial charge is 0.452 e. The number of hydrogen-bond acceptors (Lipinski definition) is 5. The number of para-hydroxylation sites is 1. The van der Waals surface area contributed by atoms with Gasteiger partial charge in [0.05, 0.1) is 15.6 Å². The van der Waals surface area contributed by atoms with Crippen molar-refractivity contribution in [2.45, 2.75) is 13.8 Å². The minimum absolute atomic E-state index is 0.218. The maximum absolute atomic E-state index is 12.0. The number of halogens is 1. The van der Waals surface area contributed by atoms with Crippen LogP contribution in [0.3, 0.4) is 0 Å². The van der Waals surface area contributed by atoms with Crippen molar-refractivity contribution < 1.29 is 19.2 Å². The van der Waals surface area contributed by atoms with Gasteiger partial charge < -0.3 is 10.1 Å². The van der Waals surface area contributed by atoms with E-state index in [1.165, 1.54) is 24.3 Å². The molecule has 0 aliphatic rings. The van der Waals surface area contributed by atoms with Gasteiger partial charge >= 0.3 is 5.97 Å². The molecule has 2 aromatic carbocycles. The van der Waals surface area contributed by atoms with Crippen LogP contribution in [0.4, 0.5) is 11.4 Å². The predicted octanol–water partition coefficient (Wildman–Crippen LogP) is 3.66. The van der Waals surface area contributed by atoms with Crippen LogP contribution >= 0.6 is 11.6 Å². The molecule has 0 radical (unpaired) electrons. The molecule has 7 nitrogen and oxygen atoms in total. The van der Waals surface area contributed by atoms with Crippen molar-refractivity contribution in [2.75, 3.05) is 11.9 Å². The fraction of sp³-hybridized carbons (Fsp3) is 0.176. The second-order valence-corrected chi connectivity index (χ2v) is 5.74. The molecule has 0 heterocycles. The standard InChI is InChI=1S/C17H15ClN2O5/c1-10-7-11(2)16(13(18)8-10)19-15(21)9-25-17(22)12-5-3-4-6-14(12)20(23)24/h3-8H,9H2,1-2H3,(H,19,21). The summed E-state index contributed by atoms with van der Waals surface area (Å²) in [7, 11) is 0. The maximum atomic E-state index is 12.0. The van der Waals surface area contributed by atoms with Gasteiger partial charge in [0.1, 0.15) is 5.56 Å². The van der Waals surface area contributed by atoms with Gasteiger partial charge in [0, 0.05) is 6.07 Å². The van der Waals surface area contributed by atoms with E-state index in [-0.39, 0.29) is 11.3 Å². The summed E-state index contributed by atoms with van der Waals surface area (Å²) in [6.07, 6.45) is 0. The normalized spacial score (nSPS) is 10.2. The lowest BCUT2D eigenvalue weighted by Crippen LogP contribution is -2.22. The first-order valence-corrected chi connectivity index (χ1v) is 7.64. The topological polar surface area (TPSA) is 98.5 Å². The smallest absolute Gasteiger partial charge is 0.345 e. The Bertz CT molecular complexity index is 828. The molecule has 0 saturated carbocycles. The lowest BCUT2D eigenvalue weighted by Gasteiger charge is -2.11. The molecule has 0 aliphatic carbocycles. The highest BCUT2D eigenvalue weighted by molar-refractivity contribution is 6.34. The van der Waals surface area contributed by atoms with E-state index in [0.717, 1.165) is 11.1 Å². The Balaban J connectivity index is 2.04. The Labute approximate surface area is 148 Å². The minimum Gasteiger partial charge on any atom is -0.452 e. The maximum Gasteiger partial charge on any atom is 0.345 e. The number of nitro benzene ring substituents is 1. The van der Waals surface area contributed by atoms with Gasteiger partial charge in [-0.05, 0) is 37.1 Å². The molecule has 0 spiro atoms. The second kappa shape index (κ2) is 7.76. The Morgan fingerprint density at radius 1 is 1.24 bits per heavy atom. The Hall–Kier alpha value is -2.93. The number of ether oxygens (including phenoxy) is 1. The van der Waals surface area contributed by atoms with Crippen molar-refractivity contribution in [2.24, 2.45) is 0 Å². The molecule has 0 unspecified atom stereocenters. The summed E-state index contributed by atoms with van der Waals surface area (Å²) in [6.45, 7) is 3.07. The SMILES string of the molecule is Cc1cc(C)c(NC(=O)COC(=O)c2ccccc2[N+](=O)[O-])c(Cl)c1. The summed E-state index contributed by atoms with van der Waals surface area (Å²) < 4.78 is 4.86. The third-order valence-electron chi connectivity index (χ3n) is 3.35. The average Bonchev–Trinajstić information content (AvgIpc) is 2.55. The number of nitro groups is 1. The van der Waals surface area contributed by atoms with E-state index >= 15 is 0 Å². The molecule has 0 bridgehead atoms. The zero-order valence-corrected chi connectivity index (χ0v) is 14.3. The lowest BCUT2D eigenvalue weighted by atomic mass is 10.1. The molecule has 0 atom stereocenters. The van der Waals surface area contributed by atoms with Gasteiger partial charge in [-0.1, -0.05) is 29.8 Å². The molecule has 25 heavy (non-hydrogen) atoms. The van der Waals surface area contributed by atoms with Crippen LogP contribution in [-0.2, 0) is 9.53 Å². The van der Waals surface area contributed by atoms with E-state index < -0.39 is 23.4 Å². The summed E-state index contributed by atoms with van der Waals surface area (Å²) in [4.78, 5) is 34.2. The molecular weight excluding hydrogens is 348 g/mol. The van der Waals surface area contributed by atoms with Crippen LogP contribution in [0, 0.1) is 24.0 Å². The molecule has 2 aromatic rings. The predicted molar refractivity (Wildman–Crippen MR) is 92.9 cm³/mol. The van der Waals surface area contributed by atoms with Crippen LogP contribution in [0.1, 0.15) is 21.5 Å². The fourth-order valence-corrected chi connectivity index (χ4v) is 2.63. The monoisotopic (exact) mass is 362 g/mol. The van der Waals surface area contributed by atoms with Gasteiger partial charge in [0.25, 0.3) is 11.6 Å². The number of amides is 1. The molecule has 0 aromatic heterocycles. The van der Waals surface area contributed by atoms with Crippen LogP contribution in [0.2, 0.25) is 5.02 Å². The Kier molecular flexibility index (Phi) is 5.71. The molecular formula is C17H15ClN2O5. The van der Waals surface area contributed by atoms with E-state index in [2.05, 4.69) is 5.32 Å². The van der Waals surface area contributed by atoms with Crippen molar-refractivity contribution in [3.8, 4) is 0 Å². The van der Waals surface area contributed by atoms with E-state index in [1.807, 2.05) is 13.0 Å². The number of carbonyl (C=O) groups excluding carboxylic acids is 2. The number of esters is 1. The first kappa shape index (κ1) is 18.4. The summed E-state index contributed by atoms with van der Waals surface area (Å²) in [5, 5.41) is 13.9. The van der Waals surface area contributed by atoms with Gasteiger partial charge in [-0.15, -0.1) is 0 Å². The zero-order chi connectivity index (χ0) is 18.6. The molecule has 1 N–H and O–H groups in total. The molecule has 2 rings (SSSR count). The highest BCUT2D eigenvalue weighted by Crippen LogP contribution is 2.27. The van der Waals surface area contributed by atoms with Crippen LogP contribution in [0.15, 0.2) is 36.4 Å². The fourth-order valence-electron chi connectivity index (χ4n) is 2.26. The molecule has 130 valence electrons. The summed E-state index contributed by atoms with van der Waals surface area (Å²) >= 11 is 6.10. The second-order valence-electron chi connectivity index (χ2n) is 5.34. The van der Waals surface area contributed by atoms with Crippen molar-refractivity contribution in [3.05, 3.63) is 68.2 Å². The summed E-state index contributed by atoms with van der Waals surface area (Å²) in [5.74, 6) is -1.55. The average molecular weight is 363 g/mol. The van der Waals surface area contributed by atoms with Gasteiger partial charge in [0.15, 0.2) is 6.61 Å². The van der Waals surface area contributed by atoms with E-state index in [1.54, 1.807) is 13.0 Å². The number of rotatable bonds is 5. The first-order valence-electron chi connectivity index (χ1n) is 7.26. The highest BCUT2D eigenvalue weighted by atomic mass is 35.5. The van der Waals surface area contributed by atoms with Crippen LogP contribution in [0.25, 0.3) is 0 Å². The van der Waals surface area contributed by atoms with E-state index in [4.69, 9.17) is 16.3 Å². The van der Waals surface area contributed by atoms with Crippen molar-refractivity contribution in [3.63, 3.8) is 0 Å². The van der Waals surface area contributed by atoms with E-state index in [0.29, 0.717) is 10.7 Å². The van der Waals surface area contributed by atoms with Gasteiger partial charge in [-0.2, -0.15) is 0 Å². The minimum atomic E-state index is -0.950. The molecule has 0 saturated heterocycles. The molecule has 8 heteroatoms. The number of aryl methyl sites for hydroxylation is 2. The molecule has 0 fully saturated rings. The van der Waals surface area contributed by atoms with Crippen LogP contribution < -0.4 is 5.32 Å². The quantitative estimate of drug-likeness (QED) is 0.497.